The topological polar surface area (TPSA) is 77.7 Å². The van der Waals surface area contributed by atoms with Gasteiger partial charge in [-0.2, -0.15) is 4.98 Å². The Morgan fingerprint density at radius 2 is 1.68 bits per heavy atom. The maximum Gasteiger partial charge on any atom is 0.321 e. The van der Waals surface area contributed by atoms with Crippen LogP contribution in [0, 0.1) is 0 Å². The molecule has 8 nitrogen and oxygen atoms in total. The lowest BCUT2D eigenvalue weighted by atomic mass is 9.80. The molecule has 0 bridgehead atoms. The Labute approximate surface area is 209 Å². The summed E-state index contributed by atoms with van der Waals surface area (Å²) in [5, 5.41) is 7.31. The van der Waals surface area contributed by atoms with E-state index in [9.17, 15) is 4.79 Å². The van der Waals surface area contributed by atoms with Crippen molar-refractivity contribution in [2.75, 3.05) is 49.5 Å². The van der Waals surface area contributed by atoms with E-state index in [1.54, 1.807) is 0 Å². The molecule has 1 aromatic heterocycles. The van der Waals surface area contributed by atoms with Gasteiger partial charge in [-0.3, -0.25) is 4.90 Å². The van der Waals surface area contributed by atoms with E-state index >= 15 is 0 Å². The second-order valence-corrected chi connectivity index (χ2v) is 10.2. The second kappa shape index (κ2) is 11.0. The Hall–Kier alpha value is -2.32. The molecule has 4 rings (SSSR count). The highest BCUT2D eigenvalue weighted by Gasteiger charge is 2.38. The first-order valence-electron chi connectivity index (χ1n) is 12.2. The number of carbonyl (C=O) groups is 1. The van der Waals surface area contributed by atoms with Gasteiger partial charge in [-0.25, -0.2) is 4.79 Å². The Kier molecular flexibility index (Phi) is 8.47. The van der Waals surface area contributed by atoms with Crippen molar-refractivity contribution in [1.29, 1.82) is 0 Å². The number of aromatic nitrogens is 2. The normalized spacial score (nSPS) is 18.8. The molecule has 1 N–H and O–H groups in total. The summed E-state index contributed by atoms with van der Waals surface area (Å²) < 4.78 is 5.58. The Bertz CT molecular complexity index is 946. The molecule has 2 saturated heterocycles. The van der Waals surface area contributed by atoms with E-state index < -0.39 is 0 Å². The van der Waals surface area contributed by atoms with Gasteiger partial charge in [0.15, 0.2) is 5.82 Å². The number of piperazine rings is 1. The minimum Gasteiger partial charge on any atom is -0.367 e. The highest BCUT2D eigenvalue weighted by molar-refractivity contribution is 5.93. The number of amides is 2. The lowest BCUT2D eigenvalue weighted by molar-refractivity contribution is 0.155. The predicted molar refractivity (Wildman–Crippen MR) is 138 cm³/mol. The summed E-state index contributed by atoms with van der Waals surface area (Å²) in [5.74, 6) is 1.68. The van der Waals surface area contributed by atoms with Crippen LogP contribution in [0.15, 0.2) is 28.8 Å². The molecular weight excluding hydrogens is 452 g/mol. The van der Waals surface area contributed by atoms with E-state index in [0.717, 1.165) is 56.2 Å². The van der Waals surface area contributed by atoms with Crippen molar-refractivity contribution in [2.24, 2.45) is 0 Å². The SMILES string of the molecule is CC(C)c1noc(C2(C)CCN(C(=O)Nc3ccccc3N3CCN(C(C)C)CC3)CC2)n1.Cl. The summed E-state index contributed by atoms with van der Waals surface area (Å²) in [6.45, 7) is 16.1. The van der Waals surface area contributed by atoms with Crippen LogP contribution in [0.2, 0.25) is 0 Å². The van der Waals surface area contributed by atoms with Crippen molar-refractivity contribution in [1.82, 2.24) is 19.9 Å². The quantitative estimate of drug-likeness (QED) is 0.652. The minimum atomic E-state index is -0.190. The third-order valence-corrected chi connectivity index (χ3v) is 7.16. The van der Waals surface area contributed by atoms with E-state index in [4.69, 9.17) is 4.52 Å². The molecule has 0 aliphatic carbocycles. The van der Waals surface area contributed by atoms with Gasteiger partial charge >= 0.3 is 6.03 Å². The molecule has 2 aliphatic rings. The van der Waals surface area contributed by atoms with Crippen LogP contribution in [0.5, 0.6) is 0 Å². The number of likely N-dealkylation sites (tertiary alicyclic amines) is 1. The third kappa shape index (κ3) is 5.66. The van der Waals surface area contributed by atoms with Crippen molar-refractivity contribution in [3.05, 3.63) is 36.0 Å². The molecule has 2 amide bonds. The fraction of sp³-hybridized carbons (Fsp3) is 0.640. The van der Waals surface area contributed by atoms with Crippen molar-refractivity contribution in [2.45, 2.75) is 64.8 Å². The van der Waals surface area contributed by atoms with Crippen molar-refractivity contribution >= 4 is 29.8 Å². The highest BCUT2D eigenvalue weighted by Crippen LogP contribution is 2.35. The molecule has 2 fully saturated rings. The van der Waals surface area contributed by atoms with Crippen LogP contribution in [-0.4, -0.2) is 71.3 Å². The lowest BCUT2D eigenvalue weighted by Gasteiger charge is -2.39. The fourth-order valence-electron chi connectivity index (χ4n) is 4.66. The van der Waals surface area contributed by atoms with Gasteiger partial charge in [0.1, 0.15) is 0 Å². The number of para-hydroxylation sites is 2. The molecule has 34 heavy (non-hydrogen) atoms. The molecule has 188 valence electrons. The first-order valence-corrected chi connectivity index (χ1v) is 12.2. The maximum atomic E-state index is 13.1. The molecular formula is C25H39ClN6O2. The molecule has 0 radical (unpaired) electrons. The van der Waals surface area contributed by atoms with Crippen LogP contribution in [-0.2, 0) is 5.41 Å². The first kappa shape index (κ1) is 26.3. The van der Waals surface area contributed by atoms with Crippen LogP contribution >= 0.6 is 12.4 Å². The number of urea groups is 1. The third-order valence-electron chi connectivity index (χ3n) is 7.16. The summed E-state index contributed by atoms with van der Waals surface area (Å²) in [4.78, 5) is 24.5. The van der Waals surface area contributed by atoms with E-state index in [2.05, 4.69) is 65.9 Å². The summed E-state index contributed by atoms with van der Waals surface area (Å²) in [7, 11) is 0. The predicted octanol–water partition coefficient (Wildman–Crippen LogP) is 4.73. The lowest BCUT2D eigenvalue weighted by Crippen LogP contribution is -2.49. The number of halogens is 1. The largest absolute Gasteiger partial charge is 0.367 e. The van der Waals surface area contributed by atoms with Gasteiger partial charge in [0.2, 0.25) is 5.89 Å². The van der Waals surface area contributed by atoms with E-state index in [1.807, 2.05) is 23.1 Å². The zero-order chi connectivity index (χ0) is 23.6. The molecule has 1 aromatic carbocycles. The number of carbonyl (C=O) groups excluding carboxylic acids is 1. The van der Waals surface area contributed by atoms with Gasteiger partial charge in [-0.1, -0.05) is 38.1 Å². The molecule has 2 aliphatic heterocycles. The van der Waals surface area contributed by atoms with E-state index in [1.165, 1.54) is 0 Å². The number of benzene rings is 1. The van der Waals surface area contributed by atoms with Gasteiger partial charge in [0.25, 0.3) is 0 Å². The van der Waals surface area contributed by atoms with Crippen LogP contribution in [0.25, 0.3) is 0 Å². The summed E-state index contributed by atoms with van der Waals surface area (Å²) in [5.41, 5.74) is 1.79. The monoisotopic (exact) mass is 490 g/mol. The number of hydrogen-bond donors (Lipinski definition) is 1. The highest BCUT2D eigenvalue weighted by atomic mass is 35.5. The summed E-state index contributed by atoms with van der Waals surface area (Å²) in [6, 6.07) is 8.66. The standard InChI is InChI=1S/C25H38N6O2.ClH/c1-18(2)22-27-23(33-28-22)25(5)10-12-31(13-11-25)24(32)26-20-8-6-7-9-21(20)30-16-14-29(15-17-30)19(3)4;/h6-9,18-19H,10-17H2,1-5H3,(H,26,32);1H. The zero-order valence-corrected chi connectivity index (χ0v) is 21.9. The van der Waals surface area contributed by atoms with Gasteiger partial charge < -0.3 is 19.6 Å². The van der Waals surface area contributed by atoms with E-state index in [-0.39, 0.29) is 29.8 Å². The number of hydrogen-bond acceptors (Lipinski definition) is 6. The van der Waals surface area contributed by atoms with Gasteiger partial charge in [-0.15, -0.1) is 12.4 Å². The summed E-state index contributed by atoms with van der Waals surface area (Å²) in [6.07, 6.45) is 1.61. The molecule has 2 aromatic rings. The fourth-order valence-corrected chi connectivity index (χ4v) is 4.66. The Balaban J connectivity index is 0.00000324. The average Bonchev–Trinajstić information content (AvgIpc) is 3.32. The molecule has 0 unspecified atom stereocenters. The van der Waals surface area contributed by atoms with Gasteiger partial charge in [-0.05, 0) is 38.8 Å². The number of nitrogens with one attached hydrogen (secondary N) is 1. The first-order chi connectivity index (χ1) is 15.8. The maximum absolute atomic E-state index is 13.1. The average molecular weight is 491 g/mol. The molecule has 0 spiro atoms. The van der Waals surface area contributed by atoms with Crippen LogP contribution in [0.3, 0.4) is 0 Å². The smallest absolute Gasteiger partial charge is 0.321 e. The van der Waals surface area contributed by atoms with Gasteiger partial charge in [0.05, 0.1) is 16.8 Å². The van der Waals surface area contributed by atoms with Crippen molar-refractivity contribution < 1.29 is 9.32 Å². The molecule has 0 saturated carbocycles. The van der Waals surface area contributed by atoms with Crippen LogP contribution < -0.4 is 10.2 Å². The van der Waals surface area contributed by atoms with E-state index in [0.29, 0.717) is 25.0 Å². The second-order valence-electron chi connectivity index (χ2n) is 10.2. The zero-order valence-electron chi connectivity index (χ0n) is 21.1. The molecule has 3 heterocycles. The Morgan fingerprint density at radius 3 is 2.26 bits per heavy atom. The molecule has 9 heteroatoms. The van der Waals surface area contributed by atoms with Gasteiger partial charge in [0, 0.05) is 51.2 Å². The van der Waals surface area contributed by atoms with Crippen molar-refractivity contribution in [3.63, 3.8) is 0 Å². The number of anilines is 2. The van der Waals surface area contributed by atoms with Crippen molar-refractivity contribution in [3.8, 4) is 0 Å². The number of nitrogens with zero attached hydrogens (tertiary/aromatic N) is 5. The summed E-state index contributed by atoms with van der Waals surface area (Å²) >= 11 is 0. The molecule has 0 atom stereocenters. The van der Waals surface area contributed by atoms with Crippen LogP contribution in [0.1, 0.15) is 65.1 Å². The minimum absolute atomic E-state index is 0. The number of rotatable bonds is 5. The number of piperidine rings is 1. The van der Waals surface area contributed by atoms with Crippen LogP contribution in [0.4, 0.5) is 16.2 Å². The Morgan fingerprint density at radius 1 is 1.03 bits per heavy atom.